The lowest BCUT2D eigenvalue weighted by Gasteiger charge is -2.22. The monoisotopic (exact) mass is 348 g/mol. The van der Waals surface area contributed by atoms with Crippen molar-refractivity contribution in [2.75, 3.05) is 44.2 Å². The Morgan fingerprint density at radius 3 is 2.94 bits per heavy atom. The Kier molecular flexibility index (Phi) is 4.93. The minimum absolute atomic E-state index is 0.241. The zero-order valence-electron chi connectivity index (χ0n) is 9.72. The Bertz CT molecular complexity index is 363. The first-order valence-electron chi connectivity index (χ1n) is 5.85. The van der Waals surface area contributed by atoms with Gasteiger partial charge in [-0.15, -0.1) is 0 Å². The number of β-amino-alcohol motifs (C(OH)–C–C–N with tert-alkyl or cyclic N) is 1. The van der Waals surface area contributed by atoms with E-state index in [0.717, 1.165) is 48.5 Å². The summed E-state index contributed by atoms with van der Waals surface area (Å²) in [6.45, 7) is 5.04. The van der Waals surface area contributed by atoms with E-state index < -0.39 is 0 Å². The Morgan fingerprint density at radius 2 is 2.18 bits per heavy atom. The van der Waals surface area contributed by atoms with Gasteiger partial charge >= 0.3 is 0 Å². The third kappa shape index (κ3) is 3.49. The molecule has 0 unspecified atom stereocenters. The second kappa shape index (κ2) is 6.46. The van der Waals surface area contributed by atoms with Gasteiger partial charge in [0, 0.05) is 32.4 Å². The molecule has 1 N–H and O–H groups in total. The lowest BCUT2D eigenvalue weighted by molar-refractivity contribution is 0.204. The molecule has 94 valence electrons. The lowest BCUT2D eigenvalue weighted by atomic mass is 10.4. The van der Waals surface area contributed by atoms with Crippen LogP contribution in [-0.2, 0) is 0 Å². The molecule has 2 rings (SSSR count). The second-order valence-electron chi connectivity index (χ2n) is 4.10. The Balaban J connectivity index is 2.01. The van der Waals surface area contributed by atoms with Crippen molar-refractivity contribution in [3.8, 4) is 0 Å². The second-order valence-corrected chi connectivity index (χ2v) is 5.26. The molecule has 6 heteroatoms. The van der Waals surface area contributed by atoms with Gasteiger partial charge in [0.25, 0.3) is 0 Å². The molecule has 1 aromatic heterocycles. The summed E-state index contributed by atoms with van der Waals surface area (Å²) >= 11 is 2.28. The van der Waals surface area contributed by atoms with E-state index in [0.29, 0.717) is 0 Å². The largest absolute Gasteiger partial charge is 0.395 e. The van der Waals surface area contributed by atoms with Crippen LogP contribution in [0.3, 0.4) is 0 Å². The molecule has 2 heterocycles. The Hall–Kier alpha value is -0.470. The van der Waals surface area contributed by atoms with Gasteiger partial charge in [-0.3, -0.25) is 4.90 Å². The van der Waals surface area contributed by atoms with Crippen LogP contribution < -0.4 is 4.90 Å². The number of halogens is 1. The molecule has 1 aromatic rings. The summed E-state index contributed by atoms with van der Waals surface area (Å²) in [5, 5.41) is 8.96. The number of hydrogen-bond donors (Lipinski definition) is 1. The minimum atomic E-state index is 0.241. The van der Waals surface area contributed by atoms with E-state index in [-0.39, 0.29) is 6.61 Å². The molecule has 1 aliphatic heterocycles. The molecule has 0 amide bonds. The quantitative estimate of drug-likeness (QED) is 0.811. The van der Waals surface area contributed by atoms with Crippen LogP contribution in [-0.4, -0.2) is 59.3 Å². The zero-order chi connectivity index (χ0) is 12.1. The van der Waals surface area contributed by atoms with Crippen LogP contribution >= 0.6 is 22.6 Å². The van der Waals surface area contributed by atoms with E-state index in [2.05, 4.69) is 42.4 Å². The van der Waals surface area contributed by atoms with E-state index in [1.807, 2.05) is 6.20 Å². The zero-order valence-corrected chi connectivity index (χ0v) is 11.9. The number of hydrogen-bond acceptors (Lipinski definition) is 5. The van der Waals surface area contributed by atoms with Crippen molar-refractivity contribution >= 4 is 28.4 Å². The van der Waals surface area contributed by atoms with Gasteiger partial charge in [-0.05, 0) is 35.6 Å². The fourth-order valence-electron chi connectivity index (χ4n) is 2.09. The lowest BCUT2D eigenvalue weighted by Crippen LogP contribution is -2.33. The van der Waals surface area contributed by atoms with E-state index in [1.165, 1.54) is 0 Å². The molecule has 1 saturated heterocycles. The van der Waals surface area contributed by atoms with E-state index in [9.17, 15) is 0 Å². The predicted molar refractivity (Wildman–Crippen MR) is 75.1 cm³/mol. The highest BCUT2D eigenvalue weighted by atomic mass is 127. The maximum atomic E-state index is 8.96. The van der Waals surface area contributed by atoms with Crippen LogP contribution in [0.1, 0.15) is 6.42 Å². The molecule has 0 radical (unpaired) electrons. The van der Waals surface area contributed by atoms with Crippen molar-refractivity contribution in [2.45, 2.75) is 6.42 Å². The highest BCUT2D eigenvalue weighted by Gasteiger charge is 2.17. The minimum Gasteiger partial charge on any atom is -0.395 e. The average Bonchev–Trinajstić information content (AvgIpc) is 2.56. The van der Waals surface area contributed by atoms with Gasteiger partial charge in [-0.1, -0.05) is 0 Å². The maximum absolute atomic E-state index is 8.96. The van der Waals surface area contributed by atoms with Crippen LogP contribution in [0.4, 0.5) is 5.82 Å². The topological polar surface area (TPSA) is 52.5 Å². The normalized spacial score (nSPS) is 18.1. The molecule has 0 aromatic carbocycles. The third-order valence-electron chi connectivity index (χ3n) is 2.95. The van der Waals surface area contributed by atoms with Crippen LogP contribution in [0.25, 0.3) is 0 Å². The third-order valence-corrected chi connectivity index (χ3v) is 3.71. The maximum Gasteiger partial charge on any atom is 0.145 e. The molecule has 1 aliphatic rings. The summed E-state index contributed by atoms with van der Waals surface area (Å²) in [7, 11) is 0. The molecule has 0 bridgehead atoms. The van der Waals surface area contributed by atoms with Crippen molar-refractivity contribution in [1.82, 2.24) is 14.9 Å². The number of rotatable bonds is 3. The van der Waals surface area contributed by atoms with Crippen molar-refractivity contribution < 1.29 is 5.11 Å². The number of aliphatic hydroxyl groups is 1. The molecule has 0 atom stereocenters. The first-order chi connectivity index (χ1) is 8.31. The van der Waals surface area contributed by atoms with Gasteiger partial charge in [0.05, 0.1) is 10.2 Å². The number of aromatic nitrogens is 2. The molecular weight excluding hydrogens is 331 g/mol. The number of nitrogens with zero attached hydrogens (tertiary/aromatic N) is 4. The van der Waals surface area contributed by atoms with Crippen molar-refractivity contribution in [2.24, 2.45) is 0 Å². The summed E-state index contributed by atoms with van der Waals surface area (Å²) < 4.78 is 1.10. The summed E-state index contributed by atoms with van der Waals surface area (Å²) in [4.78, 5) is 13.0. The molecule has 0 aliphatic carbocycles. The summed E-state index contributed by atoms with van der Waals surface area (Å²) in [6.07, 6.45) is 4.56. The van der Waals surface area contributed by atoms with Crippen molar-refractivity contribution in [3.63, 3.8) is 0 Å². The summed E-state index contributed by atoms with van der Waals surface area (Å²) in [5.74, 6) is 1.03. The van der Waals surface area contributed by atoms with Gasteiger partial charge in [0.1, 0.15) is 12.1 Å². The van der Waals surface area contributed by atoms with E-state index in [4.69, 9.17) is 5.11 Å². The van der Waals surface area contributed by atoms with Crippen molar-refractivity contribution in [3.05, 3.63) is 16.1 Å². The van der Waals surface area contributed by atoms with Gasteiger partial charge in [0.15, 0.2) is 0 Å². The number of aliphatic hydroxyl groups excluding tert-OH is 1. The van der Waals surface area contributed by atoms with Crippen LogP contribution in [0.5, 0.6) is 0 Å². The molecule has 17 heavy (non-hydrogen) atoms. The molecule has 1 fully saturated rings. The first-order valence-corrected chi connectivity index (χ1v) is 6.93. The van der Waals surface area contributed by atoms with Gasteiger partial charge in [-0.2, -0.15) is 0 Å². The van der Waals surface area contributed by atoms with Crippen molar-refractivity contribution in [1.29, 1.82) is 0 Å². The fraction of sp³-hybridized carbons (Fsp3) is 0.636. The predicted octanol–water partition coefficient (Wildman–Crippen LogP) is 0.586. The summed E-state index contributed by atoms with van der Waals surface area (Å²) in [6, 6.07) is 0. The molecule has 0 spiro atoms. The van der Waals surface area contributed by atoms with E-state index in [1.54, 1.807) is 6.33 Å². The van der Waals surface area contributed by atoms with Gasteiger partial charge < -0.3 is 10.0 Å². The SMILES string of the molecule is OCCN1CCCN(c2ncncc2I)CC1. The van der Waals surface area contributed by atoms with Crippen LogP contribution in [0.15, 0.2) is 12.5 Å². The molecular formula is C11H17IN4O. The fourth-order valence-corrected chi connectivity index (χ4v) is 2.73. The highest BCUT2D eigenvalue weighted by Crippen LogP contribution is 2.19. The average molecular weight is 348 g/mol. The first kappa shape index (κ1) is 13.0. The van der Waals surface area contributed by atoms with Gasteiger partial charge in [0.2, 0.25) is 0 Å². The smallest absolute Gasteiger partial charge is 0.145 e. The van der Waals surface area contributed by atoms with Crippen LogP contribution in [0, 0.1) is 3.57 Å². The van der Waals surface area contributed by atoms with Gasteiger partial charge in [-0.25, -0.2) is 9.97 Å². The standard InChI is InChI=1S/C11H17IN4O/c12-10-8-13-9-14-11(10)16-3-1-2-15(4-5-16)6-7-17/h8-9,17H,1-7H2. The molecule has 0 saturated carbocycles. The highest BCUT2D eigenvalue weighted by molar-refractivity contribution is 14.1. The van der Waals surface area contributed by atoms with Crippen LogP contribution in [0.2, 0.25) is 0 Å². The Morgan fingerprint density at radius 1 is 1.29 bits per heavy atom. The molecule has 5 nitrogen and oxygen atoms in total. The van der Waals surface area contributed by atoms with E-state index >= 15 is 0 Å². The number of anilines is 1. The Labute approximate surface area is 115 Å². The summed E-state index contributed by atoms with van der Waals surface area (Å²) in [5.41, 5.74) is 0.